The Morgan fingerprint density at radius 2 is 2.04 bits per heavy atom. The lowest BCUT2D eigenvalue weighted by Gasteiger charge is -2.44. The second kappa shape index (κ2) is 6.42. The number of fused-ring (bicyclic) bond motifs is 3. The summed E-state index contributed by atoms with van der Waals surface area (Å²) in [4.78, 5) is 15.7. The van der Waals surface area contributed by atoms with Crippen LogP contribution in [0.4, 0.5) is 0 Å². The molecule has 25 heavy (non-hydrogen) atoms. The zero-order valence-corrected chi connectivity index (χ0v) is 16.0. The SMILES string of the molecule is CCc1cc(C2CCCC2)c2c(c1)[C@@]1(CC(C)C)CNCCN1C2=O. The molecule has 3 aliphatic rings. The van der Waals surface area contributed by atoms with Crippen molar-refractivity contribution in [2.45, 2.75) is 70.8 Å². The lowest BCUT2D eigenvalue weighted by molar-refractivity contribution is 0.0383. The molecule has 1 saturated heterocycles. The lowest BCUT2D eigenvalue weighted by atomic mass is 9.78. The number of rotatable bonds is 4. The van der Waals surface area contributed by atoms with Gasteiger partial charge in [-0.25, -0.2) is 0 Å². The number of aryl methyl sites for hydroxylation is 1. The van der Waals surface area contributed by atoms with Gasteiger partial charge in [-0.1, -0.05) is 45.7 Å². The normalized spacial score (nSPS) is 26.4. The Morgan fingerprint density at radius 1 is 1.28 bits per heavy atom. The highest BCUT2D eigenvalue weighted by Crippen LogP contribution is 2.48. The summed E-state index contributed by atoms with van der Waals surface area (Å²) in [5.74, 6) is 1.47. The van der Waals surface area contributed by atoms with E-state index in [4.69, 9.17) is 0 Å². The van der Waals surface area contributed by atoms with Crippen molar-refractivity contribution in [1.29, 1.82) is 0 Å². The van der Waals surface area contributed by atoms with E-state index in [1.165, 1.54) is 42.4 Å². The fourth-order valence-corrected chi connectivity index (χ4v) is 5.53. The van der Waals surface area contributed by atoms with Gasteiger partial charge in [0, 0.05) is 25.2 Å². The smallest absolute Gasteiger partial charge is 0.255 e. The summed E-state index contributed by atoms with van der Waals surface area (Å²) in [5.41, 5.74) is 5.06. The molecule has 0 radical (unpaired) electrons. The first kappa shape index (κ1) is 17.1. The minimum atomic E-state index is -0.128. The Labute approximate surface area is 152 Å². The van der Waals surface area contributed by atoms with Gasteiger partial charge in [0.15, 0.2) is 0 Å². The van der Waals surface area contributed by atoms with E-state index >= 15 is 0 Å². The van der Waals surface area contributed by atoms with E-state index in [1.807, 2.05) is 0 Å². The molecule has 2 heterocycles. The van der Waals surface area contributed by atoms with Crippen molar-refractivity contribution < 1.29 is 4.79 Å². The summed E-state index contributed by atoms with van der Waals surface area (Å²) in [6.07, 6.45) is 7.23. The number of nitrogens with one attached hydrogen (secondary N) is 1. The average Bonchev–Trinajstić information content (AvgIpc) is 3.21. The van der Waals surface area contributed by atoms with E-state index in [9.17, 15) is 4.79 Å². The number of carbonyl (C=O) groups is 1. The number of hydrogen-bond acceptors (Lipinski definition) is 2. The van der Waals surface area contributed by atoms with Crippen LogP contribution in [0.3, 0.4) is 0 Å². The predicted molar refractivity (Wildman–Crippen MR) is 102 cm³/mol. The third kappa shape index (κ3) is 2.63. The van der Waals surface area contributed by atoms with Gasteiger partial charge in [0.2, 0.25) is 0 Å². The minimum Gasteiger partial charge on any atom is -0.326 e. The number of carbonyl (C=O) groups excluding carboxylic acids is 1. The maximum Gasteiger partial charge on any atom is 0.255 e. The molecule has 136 valence electrons. The summed E-state index contributed by atoms with van der Waals surface area (Å²) in [6.45, 7) is 9.46. The molecule has 1 aliphatic carbocycles. The minimum absolute atomic E-state index is 0.128. The van der Waals surface area contributed by atoms with E-state index in [1.54, 1.807) is 0 Å². The average molecular weight is 341 g/mol. The Bertz CT molecular complexity index is 675. The van der Waals surface area contributed by atoms with Gasteiger partial charge >= 0.3 is 0 Å². The summed E-state index contributed by atoms with van der Waals surface area (Å²) in [7, 11) is 0. The third-order valence-electron chi connectivity index (χ3n) is 6.58. The van der Waals surface area contributed by atoms with Crippen molar-refractivity contribution in [3.63, 3.8) is 0 Å². The van der Waals surface area contributed by atoms with Crippen LogP contribution < -0.4 is 5.32 Å². The molecule has 0 bridgehead atoms. The van der Waals surface area contributed by atoms with Crippen LogP contribution in [-0.4, -0.2) is 30.4 Å². The predicted octanol–water partition coefficient (Wildman–Crippen LogP) is 4.21. The summed E-state index contributed by atoms with van der Waals surface area (Å²) in [5, 5.41) is 3.60. The van der Waals surface area contributed by atoms with E-state index in [-0.39, 0.29) is 5.54 Å². The molecule has 0 unspecified atom stereocenters. The zero-order chi connectivity index (χ0) is 17.6. The Kier molecular flexibility index (Phi) is 4.39. The van der Waals surface area contributed by atoms with Crippen LogP contribution in [0.15, 0.2) is 12.1 Å². The van der Waals surface area contributed by atoms with Crippen LogP contribution in [0.1, 0.15) is 85.8 Å². The van der Waals surface area contributed by atoms with Crippen molar-refractivity contribution in [3.05, 3.63) is 34.4 Å². The lowest BCUT2D eigenvalue weighted by Crippen LogP contribution is -2.57. The maximum absolute atomic E-state index is 13.5. The van der Waals surface area contributed by atoms with Crippen LogP contribution in [-0.2, 0) is 12.0 Å². The maximum atomic E-state index is 13.5. The van der Waals surface area contributed by atoms with Crippen LogP contribution in [0.5, 0.6) is 0 Å². The van der Waals surface area contributed by atoms with Crippen molar-refractivity contribution in [3.8, 4) is 0 Å². The topological polar surface area (TPSA) is 32.3 Å². The van der Waals surface area contributed by atoms with E-state index in [0.717, 1.165) is 38.0 Å². The van der Waals surface area contributed by atoms with Crippen LogP contribution in [0.2, 0.25) is 0 Å². The molecule has 1 aromatic carbocycles. The van der Waals surface area contributed by atoms with E-state index in [0.29, 0.717) is 17.7 Å². The molecule has 4 rings (SSSR count). The molecule has 3 nitrogen and oxygen atoms in total. The monoisotopic (exact) mass is 340 g/mol. The Balaban J connectivity index is 1.91. The number of amides is 1. The third-order valence-corrected chi connectivity index (χ3v) is 6.58. The Hall–Kier alpha value is -1.35. The number of benzene rings is 1. The molecule has 1 saturated carbocycles. The molecule has 1 N–H and O–H groups in total. The highest BCUT2D eigenvalue weighted by Gasteiger charge is 2.52. The highest BCUT2D eigenvalue weighted by molar-refractivity contribution is 6.02. The zero-order valence-electron chi connectivity index (χ0n) is 16.0. The van der Waals surface area contributed by atoms with Crippen LogP contribution >= 0.6 is 0 Å². The molecule has 0 aromatic heterocycles. The van der Waals surface area contributed by atoms with Crippen molar-refractivity contribution in [2.75, 3.05) is 19.6 Å². The summed E-state index contributed by atoms with van der Waals surface area (Å²) < 4.78 is 0. The van der Waals surface area contributed by atoms with Gasteiger partial charge in [-0.2, -0.15) is 0 Å². The van der Waals surface area contributed by atoms with Gasteiger partial charge in [0.25, 0.3) is 5.91 Å². The first-order chi connectivity index (χ1) is 12.1. The molecule has 2 fully saturated rings. The van der Waals surface area contributed by atoms with Crippen LogP contribution in [0.25, 0.3) is 0 Å². The fourth-order valence-electron chi connectivity index (χ4n) is 5.53. The second-order valence-electron chi connectivity index (χ2n) is 8.71. The van der Waals surface area contributed by atoms with Gasteiger partial charge < -0.3 is 10.2 Å². The van der Waals surface area contributed by atoms with Crippen molar-refractivity contribution in [2.24, 2.45) is 5.92 Å². The van der Waals surface area contributed by atoms with Crippen LogP contribution in [0, 0.1) is 5.92 Å². The standard InChI is InChI=1S/C22H32N2O/c1-4-16-11-18(17-7-5-6-8-17)20-19(12-16)22(13-15(2)3)14-23-9-10-24(22)21(20)25/h11-12,15,17,23H,4-10,13-14H2,1-3H3/t22-/m1/s1. The van der Waals surface area contributed by atoms with Gasteiger partial charge in [-0.3, -0.25) is 4.79 Å². The van der Waals surface area contributed by atoms with Gasteiger partial charge in [0.05, 0.1) is 5.54 Å². The molecular formula is C22H32N2O. The number of nitrogens with zero attached hydrogens (tertiary/aromatic N) is 1. The Morgan fingerprint density at radius 3 is 2.72 bits per heavy atom. The molecule has 0 spiro atoms. The highest BCUT2D eigenvalue weighted by atomic mass is 16.2. The number of hydrogen-bond donors (Lipinski definition) is 1. The molecule has 3 heteroatoms. The van der Waals surface area contributed by atoms with Gasteiger partial charge in [-0.15, -0.1) is 0 Å². The molecular weight excluding hydrogens is 308 g/mol. The van der Waals surface area contributed by atoms with Gasteiger partial charge in [-0.05, 0) is 54.2 Å². The van der Waals surface area contributed by atoms with Gasteiger partial charge in [0.1, 0.15) is 0 Å². The molecule has 1 aromatic rings. The number of piperazine rings is 1. The van der Waals surface area contributed by atoms with E-state index in [2.05, 4.69) is 43.1 Å². The quantitative estimate of drug-likeness (QED) is 0.890. The molecule has 2 aliphatic heterocycles. The second-order valence-corrected chi connectivity index (χ2v) is 8.71. The fraction of sp³-hybridized carbons (Fsp3) is 0.682. The molecule has 1 amide bonds. The summed E-state index contributed by atoms with van der Waals surface area (Å²) >= 11 is 0. The largest absolute Gasteiger partial charge is 0.326 e. The van der Waals surface area contributed by atoms with Crippen molar-refractivity contribution >= 4 is 5.91 Å². The first-order valence-corrected chi connectivity index (χ1v) is 10.3. The van der Waals surface area contributed by atoms with E-state index < -0.39 is 0 Å². The summed E-state index contributed by atoms with van der Waals surface area (Å²) in [6, 6.07) is 4.72. The first-order valence-electron chi connectivity index (χ1n) is 10.3. The van der Waals surface area contributed by atoms with Crippen molar-refractivity contribution in [1.82, 2.24) is 10.2 Å². The molecule has 1 atom stereocenters.